The van der Waals surface area contributed by atoms with Crippen molar-refractivity contribution >= 4 is 11.8 Å². The Hall–Kier alpha value is -0.480. The van der Waals surface area contributed by atoms with Crippen LogP contribution in [0.1, 0.15) is 24.4 Å². The zero-order valence-electron chi connectivity index (χ0n) is 9.56. The van der Waals surface area contributed by atoms with Gasteiger partial charge in [0.1, 0.15) is 5.82 Å². The number of thioether (sulfide) groups is 1. The summed E-state index contributed by atoms with van der Waals surface area (Å²) in [6.45, 7) is 0.977. The summed E-state index contributed by atoms with van der Waals surface area (Å²) in [5.74, 6) is 4.76. The highest BCUT2D eigenvalue weighted by Gasteiger charge is 2.22. The van der Waals surface area contributed by atoms with Gasteiger partial charge in [0.2, 0.25) is 0 Å². The van der Waals surface area contributed by atoms with E-state index in [0.717, 1.165) is 31.7 Å². The maximum absolute atomic E-state index is 6.03. The van der Waals surface area contributed by atoms with E-state index in [4.69, 9.17) is 5.73 Å². The molecular weight excluding hydrogens is 218 g/mol. The molecule has 0 spiro atoms. The fourth-order valence-corrected chi connectivity index (χ4v) is 3.99. The fourth-order valence-electron chi connectivity index (χ4n) is 2.70. The molecule has 1 saturated heterocycles. The summed E-state index contributed by atoms with van der Waals surface area (Å²) in [4.78, 5) is 4.59. The number of rotatable bonds is 2. The normalized spacial score (nSPS) is 29.3. The molecule has 3 rings (SSSR count). The highest BCUT2D eigenvalue weighted by Crippen LogP contribution is 2.27. The molecule has 1 aromatic heterocycles. The summed E-state index contributed by atoms with van der Waals surface area (Å²) in [5, 5.41) is 0. The van der Waals surface area contributed by atoms with Gasteiger partial charge in [-0.05, 0) is 36.7 Å². The Morgan fingerprint density at radius 3 is 3.25 bits per heavy atom. The van der Waals surface area contributed by atoms with Gasteiger partial charge in [-0.15, -0.1) is 0 Å². The Morgan fingerprint density at radius 2 is 2.44 bits per heavy atom. The zero-order valence-corrected chi connectivity index (χ0v) is 10.4. The van der Waals surface area contributed by atoms with E-state index >= 15 is 0 Å². The molecule has 0 aromatic carbocycles. The van der Waals surface area contributed by atoms with E-state index in [1.165, 1.54) is 29.4 Å². The average molecular weight is 237 g/mol. The van der Waals surface area contributed by atoms with Crippen LogP contribution in [0.2, 0.25) is 0 Å². The Morgan fingerprint density at radius 1 is 1.50 bits per heavy atom. The van der Waals surface area contributed by atoms with Crippen LogP contribution in [0, 0.1) is 5.92 Å². The van der Waals surface area contributed by atoms with Crippen molar-refractivity contribution in [3.63, 3.8) is 0 Å². The molecule has 0 bridgehead atoms. The standard InChI is InChI=1S/C12H19N3S/c13-10-1-2-11-6-14-12(15(11)7-10)5-9-3-4-16-8-9/h6,9-10H,1-5,7-8,13H2. The van der Waals surface area contributed by atoms with Gasteiger partial charge in [-0.1, -0.05) is 0 Å². The lowest BCUT2D eigenvalue weighted by Crippen LogP contribution is -2.32. The van der Waals surface area contributed by atoms with Crippen LogP contribution >= 0.6 is 11.8 Å². The second-order valence-corrected chi connectivity index (χ2v) is 6.16. The highest BCUT2D eigenvalue weighted by atomic mass is 32.2. The molecule has 3 heterocycles. The number of hydrogen-bond donors (Lipinski definition) is 1. The number of aryl methyl sites for hydroxylation is 1. The topological polar surface area (TPSA) is 43.8 Å². The molecule has 16 heavy (non-hydrogen) atoms. The van der Waals surface area contributed by atoms with Crippen LogP contribution in [-0.2, 0) is 19.4 Å². The molecule has 0 aliphatic carbocycles. The van der Waals surface area contributed by atoms with Gasteiger partial charge in [0.25, 0.3) is 0 Å². The summed E-state index contributed by atoms with van der Waals surface area (Å²) in [5.41, 5.74) is 7.42. The maximum atomic E-state index is 6.03. The predicted octanol–water partition coefficient (Wildman–Crippen LogP) is 1.45. The molecule has 2 atom stereocenters. The minimum Gasteiger partial charge on any atom is -0.330 e. The smallest absolute Gasteiger partial charge is 0.109 e. The van der Waals surface area contributed by atoms with Crippen molar-refractivity contribution in [3.8, 4) is 0 Å². The van der Waals surface area contributed by atoms with E-state index in [-0.39, 0.29) is 0 Å². The molecule has 3 nitrogen and oxygen atoms in total. The summed E-state index contributed by atoms with van der Waals surface area (Å²) in [6, 6.07) is 0.332. The average Bonchev–Trinajstić information content (AvgIpc) is 2.90. The molecule has 88 valence electrons. The molecule has 2 unspecified atom stereocenters. The molecule has 0 saturated carbocycles. The number of fused-ring (bicyclic) bond motifs is 1. The molecule has 2 aliphatic heterocycles. The summed E-state index contributed by atoms with van der Waals surface area (Å²) < 4.78 is 2.37. The van der Waals surface area contributed by atoms with Crippen LogP contribution < -0.4 is 5.73 Å². The lowest BCUT2D eigenvalue weighted by molar-refractivity contribution is 0.437. The minimum absolute atomic E-state index is 0.332. The summed E-state index contributed by atoms with van der Waals surface area (Å²) in [7, 11) is 0. The van der Waals surface area contributed by atoms with Crippen LogP contribution in [0.4, 0.5) is 0 Å². The molecular formula is C12H19N3S. The monoisotopic (exact) mass is 237 g/mol. The highest BCUT2D eigenvalue weighted by molar-refractivity contribution is 7.99. The third-order valence-corrected chi connectivity index (χ3v) is 4.94. The van der Waals surface area contributed by atoms with Crippen LogP contribution in [-0.4, -0.2) is 27.1 Å². The molecule has 2 aliphatic rings. The van der Waals surface area contributed by atoms with Gasteiger partial charge in [0.15, 0.2) is 0 Å². The summed E-state index contributed by atoms with van der Waals surface area (Å²) >= 11 is 2.08. The lowest BCUT2D eigenvalue weighted by atomic mass is 10.0. The SMILES string of the molecule is NC1CCc2cnc(CC3CCSC3)n2C1. The Kier molecular flexibility index (Phi) is 2.94. The quantitative estimate of drug-likeness (QED) is 0.847. The van der Waals surface area contributed by atoms with E-state index in [2.05, 4.69) is 27.5 Å². The number of aromatic nitrogens is 2. The van der Waals surface area contributed by atoms with Gasteiger partial charge in [-0.3, -0.25) is 0 Å². The summed E-state index contributed by atoms with van der Waals surface area (Å²) in [6.07, 6.45) is 6.79. The van der Waals surface area contributed by atoms with Crippen molar-refractivity contribution in [2.45, 2.75) is 38.3 Å². The lowest BCUT2D eigenvalue weighted by Gasteiger charge is -2.23. The number of hydrogen-bond acceptors (Lipinski definition) is 3. The first kappa shape index (κ1) is 10.7. The third kappa shape index (κ3) is 2.00. The van der Waals surface area contributed by atoms with Crippen LogP contribution in [0.15, 0.2) is 6.20 Å². The van der Waals surface area contributed by atoms with Gasteiger partial charge >= 0.3 is 0 Å². The van der Waals surface area contributed by atoms with Gasteiger partial charge in [-0.25, -0.2) is 4.98 Å². The Balaban J connectivity index is 1.77. The van der Waals surface area contributed by atoms with E-state index < -0.39 is 0 Å². The number of nitrogens with zero attached hydrogens (tertiary/aromatic N) is 2. The van der Waals surface area contributed by atoms with E-state index in [1.54, 1.807) is 0 Å². The first-order valence-electron chi connectivity index (χ1n) is 6.19. The van der Waals surface area contributed by atoms with E-state index in [0.29, 0.717) is 6.04 Å². The van der Waals surface area contributed by atoms with Crippen molar-refractivity contribution in [2.75, 3.05) is 11.5 Å². The fraction of sp³-hybridized carbons (Fsp3) is 0.750. The van der Waals surface area contributed by atoms with Crippen molar-refractivity contribution < 1.29 is 0 Å². The van der Waals surface area contributed by atoms with Gasteiger partial charge in [0, 0.05) is 30.9 Å². The molecule has 1 aromatic rings. The van der Waals surface area contributed by atoms with Crippen LogP contribution in [0.5, 0.6) is 0 Å². The van der Waals surface area contributed by atoms with Crippen LogP contribution in [0.3, 0.4) is 0 Å². The molecule has 0 radical (unpaired) electrons. The van der Waals surface area contributed by atoms with E-state index in [9.17, 15) is 0 Å². The zero-order chi connectivity index (χ0) is 11.0. The van der Waals surface area contributed by atoms with Crippen molar-refractivity contribution in [1.82, 2.24) is 9.55 Å². The second kappa shape index (κ2) is 4.41. The third-order valence-electron chi connectivity index (χ3n) is 3.70. The van der Waals surface area contributed by atoms with Gasteiger partial charge in [0.05, 0.1) is 0 Å². The molecule has 2 N–H and O–H groups in total. The number of nitrogens with two attached hydrogens (primary N) is 1. The van der Waals surface area contributed by atoms with Crippen molar-refractivity contribution in [1.29, 1.82) is 0 Å². The van der Waals surface area contributed by atoms with Gasteiger partial charge < -0.3 is 10.3 Å². The first-order valence-corrected chi connectivity index (χ1v) is 7.35. The van der Waals surface area contributed by atoms with Crippen molar-refractivity contribution in [2.24, 2.45) is 11.7 Å². The van der Waals surface area contributed by atoms with E-state index in [1.807, 2.05) is 0 Å². The first-order chi connectivity index (χ1) is 7.83. The molecule has 4 heteroatoms. The minimum atomic E-state index is 0.332. The molecule has 1 fully saturated rings. The largest absolute Gasteiger partial charge is 0.330 e. The Bertz CT molecular complexity index is 368. The second-order valence-electron chi connectivity index (χ2n) is 5.01. The van der Waals surface area contributed by atoms with Gasteiger partial charge in [-0.2, -0.15) is 11.8 Å². The molecule has 0 amide bonds. The van der Waals surface area contributed by atoms with Crippen LogP contribution in [0.25, 0.3) is 0 Å². The number of imidazole rings is 1. The maximum Gasteiger partial charge on any atom is 0.109 e. The Labute approximate surface area is 101 Å². The van der Waals surface area contributed by atoms with Crippen molar-refractivity contribution in [3.05, 3.63) is 17.7 Å². The predicted molar refractivity (Wildman–Crippen MR) is 67.7 cm³/mol.